The van der Waals surface area contributed by atoms with Crippen LogP contribution < -0.4 is 17.2 Å². The third kappa shape index (κ3) is 6.64. The Bertz CT molecular complexity index is 860. The van der Waals surface area contributed by atoms with E-state index in [0.717, 1.165) is 0 Å². The number of rotatable bonds is 9. The van der Waals surface area contributed by atoms with Crippen molar-refractivity contribution in [3.8, 4) is 0 Å². The van der Waals surface area contributed by atoms with Gasteiger partial charge in [-0.25, -0.2) is 0 Å². The zero-order valence-corrected chi connectivity index (χ0v) is 24.1. The molecule has 0 amide bonds. The van der Waals surface area contributed by atoms with Crippen LogP contribution in [0.15, 0.2) is 0 Å². The maximum Gasteiger partial charge on any atom is 0.187 e. The van der Waals surface area contributed by atoms with E-state index < -0.39 is 117 Å². The summed E-state index contributed by atoms with van der Waals surface area (Å²) >= 11 is 0. The SMILES string of the molecule is CCC1OC(OC2C(CO)OC(OC3C(O)C(C)CC(N)C3OC3OC(CC)C(O)C(O)C3N)C2O)C(N)C(O)C1O. The molecule has 19 atom stereocenters. The molecule has 1 saturated carbocycles. The summed E-state index contributed by atoms with van der Waals surface area (Å²) in [5.74, 6) is -0.339. The summed E-state index contributed by atoms with van der Waals surface area (Å²) in [6, 6.07) is -2.97. The number of aliphatic hydroxyl groups is 7. The third-order valence-electron chi connectivity index (χ3n) is 8.96. The Morgan fingerprint density at radius 2 is 1.05 bits per heavy atom. The van der Waals surface area contributed by atoms with Crippen molar-refractivity contribution < 1.29 is 64.2 Å². The van der Waals surface area contributed by atoms with Gasteiger partial charge in [-0.05, 0) is 25.2 Å². The maximum absolute atomic E-state index is 11.2. The largest absolute Gasteiger partial charge is 0.394 e. The van der Waals surface area contributed by atoms with E-state index in [4.69, 9.17) is 45.6 Å². The summed E-state index contributed by atoms with van der Waals surface area (Å²) in [5, 5.41) is 73.6. The fourth-order valence-electron chi connectivity index (χ4n) is 6.22. The Kier molecular flexibility index (Phi) is 11.6. The van der Waals surface area contributed by atoms with Crippen molar-refractivity contribution in [3.05, 3.63) is 0 Å². The normalized spacial score (nSPS) is 53.8. The number of nitrogens with two attached hydrogens (primary N) is 3. The van der Waals surface area contributed by atoms with Crippen molar-refractivity contribution in [3.63, 3.8) is 0 Å². The molecule has 0 aromatic rings. The van der Waals surface area contributed by atoms with Gasteiger partial charge in [0.25, 0.3) is 0 Å². The van der Waals surface area contributed by atoms with E-state index in [1.54, 1.807) is 20.8 Å². The van der Waals surface area contributed by atoms with Crippen LogP contribution in [0.1, 0.15) is 40.0 Å². The first-order valence-electron chi connectivity index (χ1n) is 14.7. The fourth-order valence-corrected chi connectivity index (χ4v) is 6.22. The molecular weight excluding hydrogens is 562 g/mol. The highest BCUT2D eigenvalue weighted by Crippen LogP contribution is 2.36. The number of hydrogen-bond donors (Lipinski definition) is 10. The summed E-state index contributed by atoms with van der Waals surface area (Å²) in [6.45, 7) is 4.70. The average molecular weight is 612 g/mol. The van der Waals surface area contributed by atoms with Gasteiger partial charge in [-0.3, -0.25) is 0 Å². The first-order chi connectivity index (χ1) is 19.8. The Morgan fingerprint density at radius 1 is 0.595 bits per heavy atom. The van der Waals surface area contributed by atoms with E-state index in [0.29, 0.717) is 19.3 Å². The van der Waals surface area contributed by atoms with Gasteiger partial charge in [0, 0.05) is 6.04 Å². The Labute approximate surface area is 244 Å². The molecular formula is C26H49N3O13. The predicted molar refractivity (Wildman–Crippen MR) is 142 cm³/mol. The van der Waals surface area contributed by atoms with Crippen LogP contribution in [0.3, 0.4) is 0 Å². The number of hydrogen-bond acceptors (Lipinski definition) is 16. The van der Waals surface area contributed by atoms with Gasteiger partial charge in [-0.1, -0.05) is 20.8 Å². The molecule has 4 fully saturated rings. The van der Waals surface area contributed by atoms with Gasteiger partial charge in [0.2, 0.25) is 0 Å². The van der Waals surface area contributed by atoms with Crippen LogP contribution in [0, 0.1) is 5.92 Å². The first-order valence-corrected chi connectivity index (χ1v) is 14.7. The fraction of sp³-hybridized carbons (Fsp3) is 1.00. The molecule has 0 radical (unpaired) electrons. The van der Waals surface area contributed by atoms with E-state index in [2.05, 4.69) is 0 Å². The van der Waals surface area contributed by atoms with Crippen molar-refractivity contribution in [1.82, 2.24) is 0 Å². The molecule has 0 spiro atoms. The molecule has 13 N–H and O–H groups in total. The van der Waals surface area contributed by atoms with Gasteiger partial charge in [-0.2, -0.15) is 0 Å². The van der Waals surface area contributed by atoms with Gasteiger partial charge in [0.05, 0.1) is 37.0 Å². The molecule has 1 aliphatic carbocycles. The van der Waals surface area contributed by atoms with Crippen molar-refractivity contribution in [1.29, 1.82) is 0 Å². The zero-order valence-electron chi connectivity index (χ0n) is 24.1. The van der Waals surface area contributed by atoms with Gasteiger partial charge in [0.15, 0.2) is 18.9 Å². The summed E-state index contributed by atoms with van der Waals surface area (Å²) in [5.41, 5.74) is 18.6. The van der Waals surface area contributed by atoms with Crippen LogP contribution in [-0.2, 0) is 28.4 Å². The van der Waals surface area contributed by atoms with Crippen molar-refractivity contribution in [2.24, 2.45) is 23.1 Å². The van der Waals surface area contributed by atoms with Gasteiger partial charge in [0.1, 0.15) is 54.9 Å². The van der Waals surface area contributed by atoms with Crippen LogP contribution in [0.4, 0.5) is 0 Å². The van der Waals surface area contributed by atoms with Crippen molar-refractivity contribution in [2.75, 3.05) is 6.61 Å². The summed E-state index contributed by atoms with van der Waals surface area (Å²) in [4.78, 5) is 0. The highest BCUT2D eigenvalue weighted by atomic mass is 16.8. The molecule has 3 heterocycles. The topological polar surface area (TPSA) is 275 Å². The Balaban J connectivity index is 1.50. The lowest BCUT2D eigenvalue weighted by Crippen LogP contribution is -2.66. The lowest BCUT2D eigenvalue weighted by Gasteiger charge is -2.47. The maximum atomic E-state index is 11.2. The third-order valence-corrected chi connectivity index (χ3v) is 8.96. The lowest BCUT2D eigenvalue weighted by molar-refractivity contribution is -0.310. The molecule has 16 nitrogen and oxygen atoms in total. The molecule has 4 aliphatic rings. The molecule has 3 saturated heterocycles. The predicted octanol–water partition coefficient (Wildman–Crippen LogP) is -4.68. The van der Waals surface area contributed by atoms with Crippen LogP contribution >= 0.6 is 0 Å². The second-order valence-electron chi connectivity index (χ2n) is 11.9. The summed E-state index contributed by atoms with van der Waals surface area (Å²) in [7, 11) is 0. The molecule has 19 unspecified atom stereocenters. The number of aliphatic hydroxyl groups excluding tert-OH is 7. The lowest BCUT2D eigenvalue weighted by atomic mass is 9.80. The van der Waals surface area contributed by atoms with Crippen LogP contribution in [0.5, 0.6) is 0 Å². The molecule has 4 rings (SSSR count). The first kappa shape index (κ1) is 34.2. The monoisotopic (exact) mass is 611 g/mol. The van der Waals surface area contributed by atoms with E-state index >= 15 is 0 Å². The summed E-state index contributed by atoms with van der Waals surface area (Å²) in [6.07, 6.45) is -16.6. The van der Waals surface area contributed by atoms with Crippen LogP contribution in [-0.4, -0.2) is 153 Å². The minimum atomic E-state index is -1.52. The zero-order chi connectivity index (χ0) is 31.0. The standard InChI is InChI=1S/C26H49N3O13/c1-4-10-16(32)18(34)13(28)24(37-10)40-21-9(27)6-8(3)15(31)23(21)42-26-20(36)22(12(7-30)39-26)41-25-14(29)19(35)17(33)11(5-2)38-25/h8-26,30-36H,4-7,27-29H2,1-3H3. The van der Waals surface area contributed by atoms with E-state index in [-0.39, 0.29) is 5.92 Å². The molecule has 0 aromatic carbocycles. The average Bonchev–Trinajstić information content (AvgIpc) is 3.27. The van der Waals surface area contributed by atoms with E-state index in [1.807, 2.05) is 0 Å². The highest BCUT2D eigenvalue weighted by Gasteiger charge is 2.54. The van der Waals surface area contributed by atoms with Crippen LogP contribution in [0.25, 0.3) is 0 Å². The summed E-state index contributed by atoms with van der Waals surface area (Å²) < 4.78 is 35.4. The molecule has 3 aliphatic heterocycles. The Morgan fingerprint density at radius 3 is 1.52 bits per heavy atom. The van der Waals surface area contributed by atoms with Crippen LogP contribution in [0.2, 0.25) is 0 Å². The number of ether oxygens (including phenoxy) is 6. The van der Waals surface area contributed by atoms with Gasteiger partial charge < -0.3 is 81.4 Å². The molecule has 42 heavy (non-hydrogen) atoms. The quantitative estimate of drug-likeness (QED) is 0.117. The molecule has 0 bridgehead atoms. The van der Waals surface area contributed by atoms with Crippen molar-refractivity contribution in [2.45, 2.75) is 150 Å². The van der Waals surface area contributed by atoms with Crippen molar-refractivity contribution >= 4 is 0 Å². The second-order valence-corrected chi connectivity index (χ2v) is 11.9. The van der Waals surface area contributed by atoms with E-state index in [9.17, 15) is 35.7 Å². The molecule has 16 heteroatoms. The Hall–Kier alpha value is -0.640. The minimum Gasteiger partial charge on any atom is -0.394 e. The van der Waals surface area contributed by atoms with E-state index in [1.165, 1.54) is 0 Å². The molecule has 246 valence electrons. The van der Waals surface area contributed by atoms with Gasteiger partial charge in [-0.15, -0.1) is 0 Å². The van der Waals surface area contributed by atoms with Gasteiger partial charge >= 0.3 is 0 Å². The second kappa shape index (κ2) is 14.2. The minimum absolute atomic E-state index is 0.339. The molecule has 0 aromatic heterocycles. The smallest absolute Gasteiger partial charge is 0.187 e. The highest BCUT2D eigenvalue weighted by molar-refractivity contribution is 5.00.